The van der Waals surface area contributed by atoms with Gasteiger partial charge in [0, 0.05) is 13.1 Å². The smallest absolute Gasteiger partial charge is 0.255 e. The quantitative estimate of drug-likeness (QED) is 0.711. The molecule has 25 heavy (non-hydrogen) atoms. The van der Waals surface area contributed by atoms with Crippen LogP contribution in [0, 0.1) is 0 Å². The van der Waals surface area contributed by atoms with Crippen molar-refractivity contribution in [3.63, 3.8) is 0 Å². The first-order valence-corrected chi connectivity index (χ1v) is 7.54. The number of ether oxygens (including phenoxy) is 3. The summed E-state index contributed by atoms with van der Waals surface area (Å²) >= 11 is 0. The first-order valence-electron chi connectivity index (χ1n) is 7.54. The minimum absolute atomic E-state index is 0. The Morgan fingerprint density at radius 1 is 0.960 bits per heavy atom. The molecule has 0 fully saturated rings. The van der Waals surface area contributed by atoms with Gasteiger partial charge in [0.05, 0.1) is 14.2 Å². The molecule has 2 rings (SSSR count). The first kappa shape index (κ1) is 20.6. The highest BCUT2D eigenvalue weighted by Gasteiger charge is 2.07. The van der Waals surface area contributed by atoms with Crippen molar-refractivity contribution < 1.29 is 19.0 Å². The lowest BCUT2D eigenvalue weighted by Gasteiger charge is -2.12. The molecule has 0 bridgehead atoms. The topological polar surface area (TPSA) is 82.8 Å². The maximum atomic E-state index is 10.8. The van der Waals surface area contributed by atoms with Crippen molar-refractivity contribution in [2.75, 3.05) is 20.8 Å². The maximum absolute atomic E-state index is 10.8. The van der Waals surface area contributed by atoms with Crippen LogP contribution in [0.25, 0.3) is 0 Å². The van der Waals surface area contributed by atoms with Gasteiger partial charge in [0.15, 0.2) is 18.1 Å². The minimum Gasteiger partial charge on any atom is -0.497 e. The largest absolute Gasteiger partial charge is 0.497 e. The number of methoxy groups -OCH3 is 2. The summed E-state index contributed by atoms with van der Waals surface area (Å²) in [6.07, 6.45) is 0. The van der Waals surface area contributed by atoms with Gasteiger partial charge in [0.25, 0.3) is 5.91 Å². The van der Waals surface area contributed by atoms with Gasteiger partial charge in [-0.25, -0.2) is 0 Å². The number of carbonyl (C=O) groups excluding carboxylic acids is 1. The Hall–Kier alpha value is -2.44. The molecule has 6 nitrogen and oxygen atoms in total. The minimum atomic E-state index is -0.526. The number of primary amides is 1. The summed E-state index contributed by atoms with van der Waals surface area (Å²) < 4.78 is 15.7. The van der Waals surface area contributed by atoms with E-state index in [1.165, 1.54) is 5.56 Å². The lowest BCUT2D eigenvalue weighted by molar-refractivity contribution is -0.119. The van der Waals surface area contributed by atoms with E-state index in [1.54, 1.807) is 20.3 Å². The zero-order valence-corrected chi connectivity index (χ0v) is 15.1. The lowest BCUT2D eigenvalue weighted by Crippen LogP contribution is -2.20. The number of amides is 1. The summed E-state index contributed by atoms with van der Waals surface area (Å²) in [5.74, 6) is 1.38. The van der Waals surface area contributed by atoms with Gasteiger partial charge >= 0.3 is 0 Å². The van der Waals surface area contributed by atoms with Crippen LogP contribution in [0.1, 0.15) is 11.1 Å². The fourth-order valence-electron chi connectivity index (χ4n) is 2.18. The number of rotatable bonds is 9. The van der Waals surface area contributed by atoms with Crippen molar-refractivity contribution in [2.24, 2.45) is 5.73 Å². The summed E-state index contributed by atoms with van der Waals surface area (Å²) in [5, 5.41) is 3.37. The van der Waals surface area contributed by atoms with Gasteiger partial charge in [-0.2, -0.15) is 0 Å². The second-order valence-electron chi connectivity index (χ2n) is 5.19. The molecule has 0 aliphatic heterocycles. The zero-order chi connectivity index (χ0) is 17.4. The van der Waals surface area contributed by atoms with Crippen molar-refractivity contribution in [2.45, 2.75) is 13.1 Å². The van der Waals surface area contributed by atoms with E-state index in [4.69, 9.17) is 19.9 Å². The fraction of sp³-hybridized carbons (Fsp3) is 0.278. The second-order valence-corrected chi connectivity index (χ2v) is 5.19. The monoisotopic (exact) mass is 366 g/mol. The average Bonchev–Trinajstić information content (AvgIpc) is 2.61. The van der Waals surface area contributed by atoms with E-state index in [0.717, 1.165) is 17.9 Å². The summed E-state index contributed by atoms with van der Waals surface area (Å²) in [6, 6.07) is 13.5. The second kappa shape index (κ2) is 10.4. The van der Waals surface area contributed by atoms with Gasteiger partial charge in [-0.05, 0) is 35.4 Å². The number of benzene rings is 2. The molecule has 2 aromatic carbocycles. The highest BCUT2D eigenvalue weighted by molar-refractivity contribution is 5.85. The van der Waals surface area contributed by atoms with Gasteiger partial charge in [-0.3, -0.25) is 4.79 Å². The van der Waals surface area contributed by atoms with Crippen molar-refractivity contribution in [3.05, 3.63) is 53.6 Å². The van der Waals surface area contributed by atoms with E-state index in [0.29, 0.717) is 18.0 Å². The molecule has 0 atom stereocenters. The van der Waals surface area contributed by atoms with Crippen molar-refractivity contribution in [3.8, 4) is 17.2 Å². The van der Waals surface area contributed by atoms with E-state index >= 15 is 0 Å². The molecule has 3 N–H and O–H groups in total. The molecule has 7 heteroatoms. The van der Waals surface area contributed by atoms with Crippen LogP contribution >= 0.6 is 12.4 Å². The van der Waals surface area contributed by atoms with Crippen LogP contribution in [-0.2, 0) is 17.9 Å². The van der Waals surface area contributed by atoms with E-state index < -0.39 is 5.91 Å². The molecular formula is C18H23ClN2O4. The van der Waals surface area contributed by atoms with E-state index in [2.05, 4.69) is 5.32 Å². The Labute approximate surface area is 153 Å². The van der Waals surface area contributed by atoms with Crippen molar-refractivity contribution in [1.82, 2.24) is 5.32 Å². The molecule has 0 unspecified atom stereocenters. The predicted molar refractivity (Wildman–Crippen MR) is 98.5 cm³/mol. The molecule has 0 saturated carbocycles. The van der Waals surface area contributed by atoms with Crippen LogP contribution in [0.2, 0.25) is 0 Å². The van der Waals surface area contributed by atoms with Crippen LogP contribution in [0.4, 0.5) is 0 Å². The number of hydrogen-bond acceptors (Lipinski definition) is 5. The van der Waals surface area contributed by atoms with Crippen LogP contribution in [0.15, 0.2) is 42.5 Å². The highest BCUT2D eigenvalue weighted by Crippen LogP contribution is 2.28. The van der Waals surface area contributed by atoms with Crippen LogP contribution in [0.5, 0.6) is 17.2 Å². The van der Waals surface area contributed by atoms with Gasteiger partial charge in [-0.15, -0.1) is 12.4 Å². The zero-order valence-electron chi connectivity index (χ0n) is 14.3. The van der Waals surface area contributed by atoms with Gasteiger partial charge in [0.1, 0.15) is 5.75 Å². The molecule has 0 heterocycles. The summed E-state index contributed by atoms with van der Waals surface area (Å²) in [5.41, 5.74) is 7.30. The van der Waals surface area contributed by atoms with E-state index in [1.807, 2.05) is 36.4 Å². The Morgan fingerprint density at radius 2 is 1.60 bits per heavy atom. The highest BCUT2D eigenvalue weighted by atomic mass is 35.5. The number of nitrogens with two attached hydrogens (primary N) is 1. The van der Waals surface area contributed by atoms with Gasteiger partial charge < -0.3 is 25.3 Å². The number of hydrogen-bond donors (Lipinski definition) is 2. The molecule has 0 aromatic heterocycles. The molecule has 0 spiro atoms. The van der Waals surface area contributed by atoms with Crippen molar-refractivity contribution >= 4 is 18.3 Å². The van der Waals surface area contributed by atoms with E-state index in [9.17, 15) is 4.79 Å². The van der Waals surface area contributed by atoms with Crippen molar-refractivity contribution in [1.29, 1.82) is 0 Å². The molecule has 0 aliphatic carbocycles. The van der Waals surface area contributed by atoms with Gasteiger partial charge in [-0.1, -0.05) is 18.2 Å². The SMILES string of the molecule is COc1ccc(CNCc2ccc(OCC(N)=O)c(OC)c2)cc1.Cl. The third-order valence-corrected chi connectivity index (χ3v) is 3.42. The fourth-order valence-corrected chi connectivity index (χ4v) is 2.18. The third kappa shape index (κ3) is 6.52. The summed E-state index contributed by atoms with van der Waals surface area (Å²) in [6.45, 7) is 1.25. The maximum Gasteiger partial charge on any atom is 0.255 e. The summed E-state index contributed by atoms with van der Waals surface area (Å²) in [4.78, 5) is 10.8. The molecule has 0 radical (unpaired) electrons. The Balaban J connectivity index is 0.00000312. The Bertz CT molecular complexity index is 677. The average molecular weight is 367 g/mol. The summed E-state index contributed by atoms with van der Waals surface area (Å²) in [7, 11) is 3.21. The Kier molecular flexibility index (Phi) is 8.60. The first-order chi connectivity index (χ1) is 11.6. The molecule has 0 saturated heterocycles. The third-order valence-electron chi connectivity index (χ3n) is 3.42. The molecule has 1 amide bonds. The molecule has 136 valence electrons. The van der Waals surface area contributed by atoms with Crippen LogP contribution in [-0.4, -0.2) is 26.7 Å². The van der Waals surface area contributed by atoms with Crippen LogP contribution in [0.3, 0.4) is 0 Å². The number of carbonyl (C=O) groups is 1. The van der Waals surface area contributed by atoms with Crippen LogP contribution < -0.4 is 25.3 Å². The Morgan fingerprint density at radius 3 is 2.20 bits per heavy atom. The molecular weight excluding hydrogens is 344 g/mol. The lowest BCUT2D eigenvalue weighted by atomic mass is 10.2. The molecule has 2 aromatic rings. The predicted octanol–water partition coefficient (Wildman–Crippen LogP) is 2.28. The van der Waals surface area contributed by atoms with E-state index in [-0.39, 0.29) is 19.0 Å². The molecule has 0 aliphatic rings. The van der Waals surface area contributed by atoms with Gasteiger partial charge in [0.2, 0.25) is 0 Å². The number of nitrogens with one attached hydrogen (secondary N) is 1. The standard InChI is InChI=1S/C18H22N2O4.ClH/c1-22-15-6-3-13(4-7-15)10-20-11-14-5-8-16(17(9-14)23-2)24-12-18(19)21;/h3-9,20H,10-12H2,1-2H3,(H2,19,21);1H. The normalized spacial score (nSPS) is 9.84. The number of halogens is 1.